The summed E-state index contributed by atoms with van der Waals surface area (Å²) in [6.07, 6.45) is 0. The maximum absolute atomic E-state index is 12.9. The van der Waals surface area contributed by atoms with Crippen molar-refractivity contribution in [2.75, 3.05) is 13.1 Å². The monoisotopic (exact) mass is 433 g/mol. The zero-order valence-electron chi connectivity index (χ0n) is 12.3. The van der Waals surface area contributed by atoms with Crippen LogP contribution in [-0.2, 0) is 19.9 Å². The Morgan fingerprint density at radius 2 is 1.54 bits per heavy atom. The lowest BCUT2D eigenvalue weighted by Gasteiger charge is -2.37. The molecule has 0 aliphatic carbocycles. The molecule has 1 saturated heterocycles. The first-order valence-corrected chi connectivity index (χ1v) is 10.7. The lowest BCUT2D eigenvalue weighted by molar-refractivity contribution is 0.309. The number of benzene rings is 2. The quantitative estimate of drug-likeness (QED) is 0.694. The topological polar surface area (TPSA) is 71.5 Å². The Kier molecular flexibility index (Phi) is 4.54. The predicted molar refractivity (Wildman–Crippen MR) is 90.3 cm³/mol. The van der Waals surface area contributed by atoms with Crippen LogP contribution in [0.25, 0.3) is 0 Å². The Hall–Kier alpha value is -1.29. The second-order valence-corrected chi connectivity index (χ2v) is 10.4. The molecule has 0 saturated carbocycles. The molecule has 0 amide bonds. The van der Waals surface area contributed by atoms with Crippen LogP contribution in [0.5, 0.6) is 0 Å². The van der Waals surface area contributed by atoms with E-state index in [9.17, 15) is 21.2 Å². The number of hydrogen-bond donors (Lipinski definition) is 0. The first-order valence-electron chi connectivity index (χ1n) is 6.97. The summed E-state index contributed by atoms with van der Waals surface area (Å²) in [5.41, 5.74) is 0. The van der Waals surface area contributed by atoms with Crippen molar-refractivity contribution in [2.24, 2.45) is 0 Å². The van der Waals surface area contributed by atoms with Crippen molar-refractivity contribution < 1.29 is 21.2 Å². The second-order valence-electron chi connectivity index (χ2n) is 5.37. The van der Waals surface area contributed by atoms with Gasteiger partial charge in [0, 0.05) is 17.6 Å². The summed E-state index contributed by atoms with van der Waals surface area (Å²) >= 11 is 3.19. The van der Waals surface area contributed by atoms with Gasteiger partial charge in [0.05, 0.1) is 15.0 Å². The lowest BCUT2D eigenvalue weighted by atomic mass is 10.3. The van der Waals surface area contributed by atoms with E-state index >= 15 is 0 Å². The third-order valence-electron chi connectivity index (χ3n) is 3.85. The van der Waals surface area contributed by atoms with Crippen LogP contribution in [-0.4, -0.2) is 39.5 Å². The smallest absolute Gasteiger partial charge is 0.223 e. The van der Waals surface area contributed by atoms with Crippen LogP contribution in [0.3, 0.4) is 0 Å². The molecule has 5 nitrogen and oxygen atoms in total. The van der Waals surface area contributed by atoms with Gasteiger partial charge in [0.1, 0.15) is 5.82 Å². The number of halogens is 2. The molecular weight excluding hydrogens is 421 g/mol. The summed E-state index contributed by atoms with van der Waals surface area (Å²) in [7, 11) is -7.44. The maximum atomic E-state index is 12.9. The number of rotatable bonds is 4. The maximum Gasteiger partial charge on any atom is 0.244 e. The van der Waals surface area contributed by atoms with Crippen LogP contribution in [0.4, 0.5) is 4.39 Å². The molecule has 9 heteroatoms. The van der Waals surface area contributed by atoms with Crippen molar-refractivity contribution >= 4 is 35.8 Å². The van der Waals surface area contributed by atoms with E-state index < -0.39 is 30.9 Å². The van der Waals surface area contributed by atoms with Crippen molar-refractivity contribution in [3.05, 3.63) is 58.8 Å². The summed E-state index contributed by atoms with van der Waals surface area (Å²) in [4.78, 5) is 0.0921. The first-order chi connectivity index (χ1) is 11.2. The minimum atomic E-state index is -3.75. The van der Waals surface area contributed by atoms with Crippen LogP contribution in [0.15, 0.2) is 62.8 Å². The molecule has 0 N–H and O–H groups in total. The van der Waals surface area contributed by atoms with Crippen molar-refractivity contribution in [1.82, 2.24) is 4.31 Å². The van der Waals surface area contributed by atoms with Gasteiger partial charge in [-0.05, 0) is 52.3 Å². The van der Waals surface area contributed by atoms with E-state index in [4.69, 9.17) is 0 Å². The van der Waals surface area contributed by atoms with Gasteiger partial charge < -0.3 is 0 Å². The molecule has 1 heterocycles. The Morgan fingerprint density at radius 1 is 0.958 bits per heavy atom. The van der Waals surface area contributed by atoms with Gasteiger partial charge in [-0.3, -0.25) is 0 Å². The van der Waals surface area contributed by atoms with Crippen LogP contribution in [0.2, 0.25) is 0 Å². The zero-order chi connectivity index (χ0) is 17.5. The molecule has 2 aromatic rings. The highest BCUT2D eigenvalue weighted by molar-refractivity contribution is 9.10. The normalized spacial score (nSPS) is 16.8. The molecule has 0 unspecified atom stereocenters. The van der Waals surface area contributed by atoms with E-state index in [1.54, 1.807) is 18.2 Å². The van der Waals surface area contributed by atoms with Crippen molar-refractivity contribution in [2.45, 2.75) is 15.0 Å². The Labute approximate surface area is 148 Å². The van der Waals surface area contributed by atoms with Gasteiger partial charge in [0.25, 0.3) is 0 Å². The minimum Gasteiger partial charge on any atom is -0.223 e. The van der Waals surface area contributed by atoms with Crippen molar-refractivity contribution in [1.29, 1.82) is 0 Å². The molecule has 3 rings (SSSR count). The van der Waals surface area contributed by atoms with E-state index in [-0.39, 0.29) is 22.9 Å². The number of hydrogen-bond acceptors (Lipinski definition) is 4. The second kappa shape index (κ2) is 6.21. The summed E-state index contributed by atoms with van der Waals surface area (Å²) in [5.74, 6) is -0.527. The van der Waals surface area contributed by atoms with Crippen molar-refractivity contribution in [3.63, 3.8) is 0 Å². The van der Waals surface area contributed by atoms with Crippen molar-refractivity contribution in [3.8, 4) is 0 Å². The molecule has 0 bridgehead atoms. The molecule has 0 aromatic heterocycles. The lowest BCUT2D eigenvalue weighted by Crippen LogP contribution is -2.56. The largest absolute Gasteiger partial charge is 0.244 e. The molecule has 128 valence electrons. The highest BCUT2D eigenvalue weighted by Crippen LogP contribution is 2.31. The summed E-state index contributed by atoms with van der Waals surface area (Å²) in [5, 5.41) is -0.833. The minimum absolute atomic E-state index is 0.00756. The third kappa shape index (κ3) is 3.01. The number of sulfonamides is 1. The summed E-state index contributed by atoms with van der Waals surface area (Å²) in [6, 6.07) is 10.9. The molecular formula is C15H13BrFNO4S2. The number of nitrogens with zero attached hydrogens (tertiary/aromatic N) is 1. The highest BCUT2D eigenvalue weighted by Gasteiger charge is 2.44. The number of sulfone groups is 1. The van der Waals surface area contributed by atoms with Gasteiger partial charge in [-0.25, -0.2) is 21.2 Å². The third-order valence-corrected chi connectivity index (χ3v) is 8.80. The van der Waals surface area contributed by atoms with Crippen LogP contribution in [0, 0.1) is 5.82 Å². The Balaban J connectivity index is 1.80. The molecule has 1 fully saturated rings. The predicted octanol–water partition coefficient (Wildman–Crippen LogP) is 2.44. The first kappa shape index (κ1) is 17.5. The molecule has 1 aliphatic rings. The van der Waals surface area contributed by atoms with Gasteiger partial charge in [0.2, 0.25) is 10.0 Å². The Bertz CT molecular complexity index is 969. The fourth-order valence-corrected chi connectivity index (χ4v) is 6.74. The van der Waals surface area contributed by atoms with E-state index in [1.165, 1.54) is 18.2 Å². The van der Waals surface area contributed by atoms with Gasteiger partial charge in [0.15, 0.2) is 9.84 Å². The molecule has 24 heavy (non-hydrogen) atoms. The average molecular weight is 434 g/mol. The Morgan fingerprint density at radius 3 is 2.12 bits per heavy atom. The molecule has 0 spiro atoms. The molecule has 1 aliphatic heterocycles. The van der Waals surface area contributed by atoms with Crippen LogP contribution >= 0.6 is 15.9 Å². The fourth-order valence-electron chi connectivity index (χ4n) is 2.40. The van der Waals surface area contributed by atoms with E-state index in [1.807, 2.05) is 0 Å². The van der Waals surface area contributed by atoms with E-state index in [0.717, 1.165) is 16.4 Å². The van der Waals surface area contributed by atoms with Gasteiger partial charge in [-0.1, -0.05) is 12.1 Å². The van der Waals surface area contributed by atoms with Gasteiger partial charge in [-0.2, -0.15) is 4.31 Å². The van der Waals surface area contributed by atoms with Crippen LogP contribution in [0.1, 0.15) is 0 Å². The fraction of sp³-hybridized carbons (Fsp3) is 0.200. The summed E-state index contributed by atoms with van der Waals surface area (Å²) < 4.78 is 64.5. The van der Waals surface area contributed by atoms with Crippen LogP contribution < -0.4 is 0 Å². The zero-order valence-corrected chi connectivity index (χ0v) is 15.5. The molecule has 2 aromatic carbocycles. The van der Waals surface area contributed by atoms with Gasteiger partial charge in [-0.15, -0.1) is 0 Å². The molecule has 0 radical (unpaired) electrons. The molecule has 0 atom stereocenters. The van der Waals surface area contributed by atoms with Gasteiger partial charge >= 0.3 is 0 Å². The summed E-state index contributed by atoms with van der Waals surface area (Å²) in [6.45, 7) is -0.243. The highest BCUT2D eigenvalue weighted by atomic mass is 79.9. The average Bonchev–Trinajstić information content (AvgIpc) is 2.45. The van der Waals surface area contributed by atoms with E-state index in [2.05, 4.69) is 15.9 Å². The van der Waals surface area contributed by atoms with E-state index in [0.29, 0.717) is 4.47 Å². The SMILES string of the molecule is O=S(=O)(c1ccc(F)cc1)C1CN(S(=O)(=O)c2ccccc2Br)C1. The standard InChI is InChI=1S/C15H13BrFNO4S2/c16-14-3-1-2-4-15(14)24(21,22)18-9-13(10-18)23(19,20)12-7-5-11(17)6-8-12/h1-8,13H,9-10H2.